The maximum absolute atomic E-state index is 3.66. The minimum Gasteiger partial charge on any atom is -0.314 e. The lowest BCUT2D eigenvalue weighted by Crippen LogP contribution is -2.40. The van der Waals surface area contributed by atoms with E-state index >= 15 is 0 Å². The Bertz CT molecular complexity index is 164. The monoisotopic (exact) mass is 196 g/mol. The second-order valence-electron chi connectivity index (χ2n) is 4.99. The highest BCUT2D eigenvalue weighted by molar-refractivity contribution is 4.83. The first kappa shape index (κ1) is 10.4. The second kappa shape index (κ2) is 5.13. The number of hydrogen-bond donors (Lipinski definition) is 1. The third-order valence-electron chi connectivity index (χ3n) is 3.42. The number of nitrogens with one attached hydrogen (secondary N) is 1. The van der Waals surface area contributed by atoms with Gasteiger partial charge in [0.15, 0.2) is 0 Å². The number of rotatable bonds is 5. The third-order valence-corrected chi connectivity index (χ3v) is 3.42. The molecule has 0 radical (unpaired) electrons. The van der Waals surface area contributed by atoms with Crippen molar-refractivity contribution in [1.29, 1.82) is 0 Å². The smallest absolute Gasteiger partial charge is 0.00683 e. The van der Waals surface area contributed by atoms with E-state index in [9.17, 15) is 0 Å². The molecule has 0 amide bonds. The highest BCUT2D eigenvalue weighted by Crippen LogP contribution is 2.21. The van der Waals surface area contributed by atoms with E-state index < -0.39 is 0 Å². The van der Waals surface area contributed by atoms with Gasteiger partial charge in [-0.05, 0) is 57.7 Å². The highest BCUT2D eigenvalue weighted by Gasteiger charge is 2.24. The quantitative estimate of drug-likeness (QED) is 0.722. The summed E-state index contributed by atoms with van der Waals surface area (Å²) in [4.78, 5) is 2.64. The summed E-state index contributed by atoms with van der Waals surface area (Å²) in [5.74, 6) is 0.927. The van der Waals surface area contributed by atoms with Gasteiger partial charge in [0.05, 0.1) is 0 Å². The molecule has 2 rings (SSSR count). The molecule has 1 aliphatic carbocycles. The van der Waals surface area contributed by atoms with Crippen molar-refractivity contribution in [2.75, 3.05) is 26.2 Å². The van der Waals surface area contributed by atoms with Crippen LogP contribution in [0.5, 0.6) is 0 Å². The summed E-state index contributed by atoms with van der Waals surface area (Å²) in [6.45, 7) is 7.54. The Labute approximate surface area is 88.1 Å². The molecule has 2 nitrogen and oxygen atoms in total. The summed E-state index contributed by atoms with van der Waals surface area (Å²) in [6, 6.07) is 0.886. The molecule has 2 heteroatoms. The van der Waals surface area contributed by atoms with Crippen molar-refractivity contribution in [2.24, 2.45) is 5.92 Å². The van der Waals surface area contributed by atoms with Crippen molar-refractivity contribution < 1.29 is 0 Å². The van der Waals surface area contributed by atoms with Gasteiger partial charge in [-0.1, -0.05) is 6.92 Å². The van der Waals surface area contributed by atoms with Crippen LogP contribution in [0.3, 0.4) is 0 Å². The van der Waals surface area contributed by atoms with E-state index in [4.69, 9.17) is 0 Å². The van der Waals surface area contributed by atoms with Crippen LogP contribution in [0.1, 0.15) is 39.0 Å². The maximum Gasteiger partial charge on any atom is 0.00683 e. The molecule has 82 valence electrons. The first-order chi connectivity index (χ1) is 6.88. The van der Waals surface area contributed by atoms with Crippen LogP contribution < -0.4 is 5.32 Å². The fourth-order valence-corrected chi connectivity index (χ4v) is 2.46. The van der Waals surface area contributed by atoms with Gasteiger partial charge in [-0.3, -0.25) is 0 Å². The van der Waals surface area contributed by atoms with Gasteiger partial charge in [0.25, 0.3) is 0 Å². The van der Waals surface area contributed by atoms with Crippen LogP contribution in [-0.4, -0.2) is 37.1 Å². The molecule has 2 fully saturated rings. The average molecular weight is 196 g/mol. The molecule has 0 aromatic rings. The van der Waals surface area contributed by atoms with Gasteiger partial charge in [0.1, 0.15) is 0 Å². The predicted octanol–water partition coefficient (Wildman–Crippen LogP) is 1.86. The topological polar surface area (TPSA) is 15.3 Å². The number of piperidine rings is 1. The zero-order valence-electron chi connectivity index (χ0n) is 9.47. The van der Waals surface area contributed by atoms with Crippen molar-refractivity contribution in [3.05, 3.63) is 0 Å². The Morgan fingerprint density at radius 3 is 2.86 bits per heavy atom. The molecule has 1 aliphatic heterocycles. The summed E-state index contributed by atoms with van der Waals surface area (Å²) in [5.41, 5.74) is 0. The summed E-state index contributed by atoms with van der Waals surface area (Å²) in [7, 11) is 0. The van der Waals surface area contributed by atoms with Crippen molar-refractivity contribution in [2.45, 2.75) is 45.1 Å². The van der Waals surface area contributed by atoms with E-state index in [1.54, 1.807) is 0 Å². The molecular formula is C12H24N2. The molecule has 0 spiro atoms. The van der Waals surface area contributed by atoms with Crippen LogP contribution in [0.15, 0.2) is 0 Å². The van der Waals surface area contributed by atoms with Crippen molar-refractivity contribution in [3.8, 4) is 0 Å². The summed E-state index contributed by atoms with van der Waals surface area (Å²) in [5, 5.41) is 3.66. The molecule has 14 heavy (non-hydrogen) atoms. The van der Waals surface area contributed by atoms with Gasteiger partial charge in [0.2, 0.25) is 0 Å². The molecule has 0 aromatic heterocycles. The summed E-state index contributed by atoms with van der Waals surface area (Å²) < 4.78 is 0. The lowest BCUT2D eigenvalue weighted by molar-refractivity contribution is 0.172. The van der Waals surface area contributed by atoms with Crippen LogP contribution in [0.4, 0.5) is 0 Å². The van der Waals surface area contributed by atoms with Crippen molar-refractivity contribution in [3.63, 3.8) is 0 Å². The van der Waals surface area contributed by atoms with Crippen molar-refractivity contribution >= 4 is 0 Å². The second-order valence-corrected chi connectivity index (χ2v) is 4.99. The van der Waals surface area contributed by atoms with E-state index in [1.165, 1.54) is 58.3 Å². The zero-order chi connectivity index (χ0) is 9.80. The molecule has 1 saturated heterocycles. The van der Waals surface area contributed by atoms with Crippen LogP contribution in [0.2, 0.25) is 0 Å². The maximum atomic E-state index is 3.66. The first-order valence-electron chi connectivity index (χ1n) is 6.34. The standard InChI is InChI=1S/C12H24N2/c1-2-7-14-8-3-4-11(10-14)9-13-12-5-6-12/h11-13H,2-10H2,1H3. The largest absolute Gasteiger partial charge is 0.314 e. The van der Waals surface area contributed by atoms with Crippen LogP contribution in [0, 0.1) is 5.92 Å². The fourth-order valence-electron chi connectivity index (χ4n) is 2.46. The van der Waals surface area contributed by atoms with Gasteiger partial charge in [-0.15, -0.1) is 0 Å². The number of hydrogen-bond acceptors (Lipinski definition) is 2. The van der Waals surface area contributed by atoms with Crippen LogP contribution in [0.25, 0.3) is 0 Å². The molecule has 2 aliphatic rings. The minimum absolute atomic E-state index is 0.886. The van der Waals surface area contributed by atoms with Gasteiger partial charge in [-0.25, -0.2) is 0 Å². The third kappa shape index (κ3) is 3.25. The first-order valence-corrected chi connectivity index (χ1v) is 6.34. The van der Waals surface area contributed by atoms with E-state index in [0.29, 0.717) is 0 Å². The Morgan fingerprint density at radius 2 is 2.14 bits per heavy atom. The number of likely N-dealkylation sites (tertiary alicyclic amines) is 1. The summed E-state index contributed by atoms with van der Waals surface area (Å²) >= 11 is 0. The number of nitrogens with zero attached hydrogens (tertiary/aromatic N) is 1. The summed E-state index contributed by atoms with van der Waals surface area (Å²) in [6.07, 6.45) is 7.01. The molecule has 1 atom stereocenters. The molecule has 1 unspecified atom stereocenters. The fraction of sp³-hybridized carbons (Fsp3) is 1.00. The van der Waals surface area contributed by atoms with Crippen molar-refractivity contribution in [1.82, 2.24) is 10.2 Å². The molecule has 0 aromatic carbocycles. The van der Waals surface area contributed by atoms with E-state index in [1.807, 2.05) is 0 Å². The molecule has 1 saturated carbocycles. The molecule has 0 bridgehead atoms. The predicted molar refractivity (Wildman–Crippen MR) is 60.5 cm³/mol. The van der Waals surface area contributed by atoms with Gasteiger partial charge >= 0.3 is 0 Å². The molecule has 1 heterocycles. The van der Waals surface area contributed by atoms with E-state index in [2.05, 4.69) is 17.1 Å². The van der Waals surface area contributed by atoms with Gasteiger partial charge < -0.3 is 10.2 Å². The molecular weight excluding hydrogens is 172 g/mol. The van der Waals surface area contributed by atoms with Crippen LogP contribution >= 0.6 is 0 Å². The highest BCUT2D eigenvalue weighted by atomic mass is 15.1. The van der Waals surface area contributed by atoms with Crippen LogP contribution in [-0.2, 0) is 0 Å². The van der Waals surface area contributed by atoms with Gasteiger partial charge in [0, 0.05) is 12.6 Å². The Morgan fingerprint density at radius 1 is 1.29 bits per heavy atom. The Kier molecular flexibility index (Phi) is 3.82. The van der Waals surface area contributed by atoms with E-state index in [-0.39, 0.29) is 0 Å². The Balaban J connectivity index is 1.64. The normalized spacial score (nSPS) is 29.4. The lowest BCUT2D eigenvalue weighted by atomic mass is 9.98. The van der Waals surface area contributed by atoms with Gasteiger partial charge in [-0.2, -0.15) is 0 Å². The lowest BCUT2D eigenvalue weighted by Gasteiger charge is -2.32. The minimum atomic E-state index is 0.886. The Hall–Kier alpha value is -0.0800. The average Bonchev–Trinajstić information content (AvgIpc) is 2.99. The molecule has 1 N–H and O–H groups in total. The van der Waals surface area contributed by atoms with E-state index in [0.717, 1.165) is 12.0 Å². The SMILES string of the molecule is CCCN1CCCC(CNC2CC2)C1. The zero-order valence-corrected chi connectivity index (χ0v) is 9.47.